The van der Waals surface area contributed by atoms with Crippen LogP contribution in [0.2, 0.25) is 5.02 Å². The number of anilines is 1. The number of carbonyl (C=O) groups excluding carboxylic acids is 2. The van der Waals surface area contributed by atoms with E-state index in [2.05, 4.69) is 5.32 Å². The lowest BCUT2D eigenvalue weighted by Gasteiger charge is -2.32. The van der Waals surface area contributed by atoms with Crippen LogP contribution in [0.25, 0.3) is 0 Å². The number of sulfonamides is 1. The number of nitrogens with zero attached hydrogens (tertiary/aromatic N) is 2. The Hall–Kier alpha value is -2.79. The van der Waals surface area contributed by atoms with E-state index < -0.39 is 51.2 Å². The molecule has 0 bridgehead atoms. The maximum Gasteiger partial charge on any atom is 0.417 e. The predicted molar refractivity (Wildman–Crippen MR) is 133 cm³/mol. The molecule has 0 aliphatic heterocycles. The number of amides is 2. The van der Waals surface area contributed by atoms with Crippen molar-refractivity contribution in [3.05, 3.63) is 64.2 Å². The summed E-state index contributed by atoms with van der Waals surface area (Å²) in [5.41, 5.74) is 0.00326. The van der Waals surface area contributed by atoms with Gasteiger partial charge in [0.1, 0.15) is 12.6 Å². The summed E-state index contributed by atoms with van der Waals surface area (Å²) in [7, 11) is -4.19. The van der Waals surface area contributed by atoms with Crippen LogP contribution in [0.15, 0.2) is 42.5 Å². The van der Waals surface area contributed by atoms with E-state index >= 15 is 0 Å². The van der Waals surface area contributed by atoms with Gasteiger partial charge in [-0.05, 0) is 51.5 Å². The molecule has 7 nitrogen and oxygen atoms in total. The fraction of sp³-hybridized carbons (Fsp3) is 0.417. The average molecular weight is 548 g/mol. The van der Waals surface area contributed by atoms with Crippen molar-refractivity contribution in [2.75, 3.05) is 17.1 Å². The van der Waals surface area contributed by atoms with Crippen LogP contribution in [-0.4, -0.2) is 50.0 Å². The SMILES string of the molecule is Cc1cccc(CN(C(=O)CN(c2ccc(Cl)c(C(F)(F)F)c2)S(C)(=O)=O)[C@@H](C)C(=O)NC(C)C)c1. The molecule has 1 N–H and O–H groups in total. The van der Waals surface area contributed by atoms with Gasteiger partial charge in [0.25, 0.3) is 0 Å². The van der Waals surface area contributed by atoms with Gasteiger partial charge in [0.15, 0.2) is 0 Å². The third-order valence-corrected chi connectivity index (χ3v) is 6.73. The van der Waals surface area contributed by atoms with E-state index in [-0.39, 0.29) is 18.3 Å². The molecule has 0 aromatic heterocycles. The van der Waals surface area contributed by atoms with E-state index in [0.29, 0.717) is 15.9 Å². The molecular formula is C24H29ClF3N3O4S. The van der Waals surface area contributed by atoms with E-state index in [4.69, 9.17) is 11.6 Å². The lowest BCUT2D eigenvalue weighted by Crippen LogP contribution is -2.52. The first-order chi connectivity index (χ1) is 16.5. The molecule has 0 heterocycles. The summed E-state index contributed by atoms with van der Waals surface area (Å²) in [6.07, 6.45) is -4.05. The second-order valence-electron chi connectivity index (χ2n) is 8.78. The number of nitrogens with one attached hydrogen (secondary N) is 1. The van der Waals surface area contributed by atoms with E-state index in [1.165, 1.54) is 11.8 Å². The molecule has 0 radical (unpaired) electrons. The Morgan fingerprint density at radius 1 is 1.08 bits per heavy atom. The summed E-state index contributed by atoms with van der Waals surface area (Å²) in [5, 5.41) is 2.11. The summed E-state index contributed by atoms with van der Waals surface area (Å²) in [5.74, 6) is -1.22. The fourth-order valence-corrected chi connectivity index (χ4v) is 4.56. The second kappa shape index (κ2) is 11.5. The van der Waals surface area contributed by atoms with E-state index in [9.17, 15) is 31.2 Å². The lowest BCUT2D eigenvalue weighted by molar-refractivity contribution is -0.139. The monoisotopic (exact) mass is 547 g/mol. The van der Waals surface area contributed by atoms with Gasteiger partial charge in [0, 0.05) is 12.6 Å². The Kier molecular flexibility index (Phi) is 9.41. The molecule has 2 amide bonds. The van der Waals surface area contributed by atoms with Gasteiger partial charge in [-0.2, -0.15) is 13.2 Å². The fourth-order valence-electron chi connectivity index (χ4n) is 3.49. The van der Waals surface area contributed by atoms with Crippen molar-refractivity contribution in [2.45, 2.75) is 52.5 Å². The van der Waals surface area contributed by atoms with Gasteiger partial charge in [-0.1, -0.05) is 41.4 Å². The highest BCUT2D eigenvalue weighted by atomic mass is 35.5. The highest BCUT2D eigenvalue weighted by Crippen LogP contribution is 2.37. The summed E-state index contributed by atoms with van der Waals surface area (Å²) in [6.45, 7) is 6.03. The zero-order valence-electron chi connectivity index (χ0n) is 20.6. The minimum absolute atomic E-state index is 0.0147. The standard InChI is InChI=1S/C24H29ClF3N3O4S/c1-15(2)29-23(33)17(4)30(13-18-8-6-7-16(3)11-18)22(32)14-31(36(5,34)35)19-9-10-21(25)20(12-19)24(26,27)28/h6-12,15,17H,13-14H2,1-5H3,(H,29,33)/t17-/m0/s1. The van der Waals surface area contributed by atoms with Crippen molar-refractivity contribution in [2.24, 2.45) is 0 Å². The summed E-state index contributed by atoms with van der Waals surface area (Å²) in [4.78, 5) is 27.4. The van der Waals surface area contributed by atoms with E-state index in [0.717, 1.165) is 24.0 Å². The molecule has 0 fully saturated rings. The molecule has 12 heteroatoms. The van der Waals surface area contributed by atoms with Gasteiger partial charge >= 0.3 is 6.18 Å². The van der Waals surface area contributed by atoms with Gasteiger partial charge in [0.2, 0.25) is 21.8 Å². The number of hydrogen-bond acceptors (Lipinski definition) is 4. The van der Waals surface area contributed by atoms with Crippen LogP contribution in [0.4, 0.5) is 18.9 Å². The highest BCUT2D eigenvalue weighted by Gasteiger charge is 2.35. The van der Waals surface area contributed by atoms with Gasteiger partial charge in [-0.3, -0.25) is 13.9 Å². The molecule has 0 saturated heterocycles. The Morgan fingerprint density at radius 2 is 1.72 bits per heavy atom. The van der Waals surface area contributed by atoms with Gasteiger partial charge < -0.3 is 10.2 Å². The molecule has 36 heavy (non-hydrogen) atoms. The highest BCUT2D eigenvalue weighted by molar-refractivity contribution is 7.92. The molecular weight excluding hydrogens is 519 g/mol. The normalized spacial score (nSPS) is 12.8. The summed E-state index contributed by atoms with van der Waals surface area (Å²) in [6, 6.07) is 8.60. The number of rotatable bonds is 9. The third-order valence-electron chi connectivity index (χ3n) is 5.26. The minimum atomic E-state index is -4.83. The summed E-state index contributed by atoms with van der Waals surface area (Å²) >= 11 is 5.67. The Bertz CT molecular complexity index is 1220. The maximum atomic E-state index is 13.4. The zero-order chi connectivity index (χ0) is 27.4. The van der Waals surface area contributed by atoms with E-state index in [1.54, 1.807) is 26.0 Å². The van der Waals surface area contributed by atoms with Crippen LogP contribution in [0.3, 0.4) is 0 Å². The third kappa shape index (κ3) is 7.86. The van der Waals surface area contributed by atoms with Crippen molar-refractivity contribution in [1.29, 1.82) is 0 Å². The average Bonchev–Trinajstić information content (AvgIpc) is 2.73. The lowest BCUT2D eigenvalue weighted by atomic mass is 10.1. The first-order valence-corrected chi connectivity index (χ1v) is 13.2. The van der Waals surface area contributed by atoms with Crippen LogP contribution < -0.4 is 9.62 Å². The van der Waals surface area contributed by atoms with Gasteiger partial charge in [-0.15, -0.1) is 0 Å². The van der Waals surface area contributed by atoms with Crippen LogP contribution in [0.5, 0.6) is 0 Å². The van der Waals surface area contributed by atoms with Crippen LogP contribution >= 0.6 is 11.6 Å². The topological polar surface area (TPSA) is 86.8 Å². The molecule has 0 unspecified atom stereocenters. The van der Waals surface area contributed by atoms with Crippen molar-refractivity contribution >= 4 is 39.1 Å². The van der Waals surface area contributed by atoms with Crippen LogP contribution in [0, 0.1) is 6.92 Å². The van der Waals surface area contributed by atoms with Gasteiger partial charge in [0.05, 0.1) is 22.5 Å². The minimum Gasteiger partial charge on any atom is -0.352 e. The van der Waals surface area contributed by atoms with Crippen LogP contribution in [0.1, 0.15) is 37.5 Å². The predicted octanol–water partition coefficient (Wildman–Crippen LogP) is 4.38. The second-order valence-corrected chi connectivity index (χ2v) is 11.1. The first-order valence-electron chi connectivity index (χ1n) is 11.0. The number of alkyl halides is 3. The smallest absolute Gasteiger partial charge is 0.352 e. The van der Waals surface area contributed by atoms with Gasteiger partial charge in [-0.25, -0.2) is 8.42 Å². The Morgan fingerprint density at radius 3 is 2.25 bits per heavy atom. The zero-order valence-corrected chi connectivity index (χ0v) is 22.1. The van der Waals surface area contributed by atoms with E-state index in [1.807, 2.05) is 19.1 Å². The maximum absolute atomic E-state index is 13.4. The van der Waals surface area contributed by atoms with Crippen molar-refractivity contribution in [1.82, 2.24) is 10.2 Å². The number of benzene rings is 2. The molecule has 0 saturated carbocycles. The molecule has 1 atom stereocenters. The molecule has 0 spiro atoms. The largest absolute Gasteiger partial charge is 0.417 e. The number of carbonyl (C=O) groups is 2. The van der Waals surface area contributed by atoms with Crippen molar-refractivity contribution in [3.8, 4) is 0 Å². The molecule has 2 aromatic rings. The Balaban J connectivity index is 2.48. The number of aryl methyl sites for hydroxylation is 1. The number of halogens is 4. The molecule has 0 aliphatic rings. The quantitative estimate of drug-likeness (QED) is 0.505. The van der Waals surface area contributed by atoms with Crippen molar-refractivity contribution in [3.63, 3.8) is 0 Å². The number of hydrogen-bond donors (Lipinski definition) is 1. The first kappa shape index (κ1) is 29.4. The molecule has 0 aliphatic carbocycles. The summed E-state index contributed by atoms with van der Waals surface area (Å²) < 4.78 is 65.8. The molecule has 2 aromatic carbocycles. The van der Waals surface area contributed by atoms with Crippen LogP contribution in [-0.2, 0) is 32.3 Å². The van der Waals surface area contributed by atoms with Crippen molar-refractivity contribution < 1.29 is 31.2 Å². The molecule has 2 rings (SSSR count). The Labute approximate surface area is 214 Å². The molecule has 198 valence electrons.